The zero-order valence-electron chi connectivity index (χ0n) is 36.6. The van der Waals surface area contributed by atoms with Gasteiger partial charge in [-0.3, -0.25) is 0 Å². The highest BCUT2D eigenvalue weighted by molar-refractivity contribution is 7.80. The molecule has 290 valence electrons. The van der Waals surface area contributed by atoms with Crippen LogP contribution in [0.2, 0.25) is 0 Å². The molecule has 0 spiro atoms. The maximum Gasteiger partial charge on any atom is -0.00617 e. The van der Waals surface area contributed by atoms with E-state index in [0.717, 1.165) is 0 Å². The molecule has 0 aliphatic carbocycles. The van der Waals surface area contributed by atoms with E-state index in [0.29, 0.717) is 0 Å². The number of aryl methyl sites for hydroxylation is 2. The summed E-state index contributed by atoms with van der Waals surface area (Å²) < 4.78 is 0. The summed E-state index contributed by atoms with van der Waals surface area (Å²) in [4.78, 5) is 0. The highest BCUT2D eigenvalue weighted by Crippen LogP contribution is 2.44. The average molecular weight is 775 g/mol. The maximum atomic E-state index is 2.43. The van der Waals surface area contributed by atoms with Crippen LogP contribution in [0.4, 0.5) is 0 Å². The predicted octanol–water partition coefficient (Wildman–Crippen LogP) is 12.7. The molecule has 0 amide bonds. The van der Waals surface area contributed by atoms with Gasteiger partial charge in [0.25, 0.3) is 0 Å². The van der Waals surface area contributed by atoms with Gasteiger partial charge in [0, 0.05) is 0 Å². The molecule has 56 heavy (non-hydrogen) atoms. The van der Waals surface area contributed by atoms with E-state index in [1.54, 1.807) is 0 Å². The molecule has 0 unspecified atom stereocenters. The first-order valence-corrected chi connectivity index (χ1v) is 23.0. The first kappa shape index (κ1) is 41.8. The molecule has 0 saturated carbocycles. The Balaban J connectivity index is 1.63. The summed E-state index contributed by atoms with van der Waals surface area (Å²) in [5, 5.41) is 8.38. The van der Waals surface area contributed by atoms with E-state index in [-0.39, 0.29) is 21.7 Å². The van der Waals surface area contributed by atoms with Gasteiger partial charge < -0.3 is 0 Å². The summed E-state index contributed by atoms with van der Waals surface area (Å²) in [6.07, 6.45) is 0. The van der Waals surface area contributed by atoms with Crippen molar-refractivity contribution in [2.24, 2.45) is 0 Å². The molecule has 0 aromatic heterocycles. The number of hydrogen-bond acceptors (Lipinski definition) is 0. The molecule has 2 heteroatoms. The van der Waals surface area contributed by atoms with E-state index < -0.39 is 15.8 Å². The lowest BCUT2D eigenvalue weighted by atomic mass is 9.87. The number of benzene rings is 6. The molecule has 0 heterocycles. The summed E-state index contributed by atoms with van der Waals surface area (Å²) in [6, 6.07) is 52.3. The van der Waals surface area contributed by atoms with Crippen LogP contribution in [-0.2, 0) is 21.7 Å². The fraction of sp³-hybridized carbons (Fsp3) is 0.333. The third-order valence-corrected chi connectivity index (χ3v) is 16.2. The summed E-state index contributed by atoms with van der Waals surface area (Å²) in [6.45, 7) is 32.3. The van der Waals surface area contributed by atoms with Gasteiger partial charge in [-0.05, 0) is 128 Å². The topological polar surface area (TPSA) is 0 Å². The smallest absolute Gasteiger partial charge is 0.00617 e. The van der Waals surface area contributed by atoms with Crippen LogP contribution in [0.3, 0.4) is 0 Å². The molecule has 0 aliphatic heterocycles. The Morgan fingerprint density at radius 3 is 0.696 bits per heavy atom. The van der Waals surface area contributed by atoms with Gasteiger partial charge in [-0.2, -0.15) is 0 Å². The van der Waals surface area contributed by atoms with Gasteiger partial charge >= 0.3 is 0 Å². The molecule has 0 nitrogen and oxygen atoms in total. The Morgan fingerprint density at radius 1 is 0.286 bits per heavy atom. The summed E-state index contributed by atoms with van der Waals surface area (Å²) >= 11 is 0. The minimum atomic E-state index is -0.883. The number of hydrogen-bond donors (Lipinski definition) is 0. The normalized spacial score (nSPS) is 12.8. The Labute approximate surface area is 342 Å². The third-order valence-electron chi connectivity index (χ3n) is 11.2. The van der Waals surface area contributed by atoms with E-state index in [9.17, 15) is 0 Å². The van der Waals surface area contributed by atoms with Gasteiger partial charge in [-0.25, -0.2) is 0 Å². The molecule has 6 aromatic carbocycles. The molecule has 0 bridgehead atoms. The van der Waals surface area contributed by atoms with Gasteiger partial charge in [0.1, 0.15) is 0 Å². The lowest BCUT2D eigenvalue weighted by molar-refractivity contribution is 0.590. The fourth-order valence-electron chi connectivity index (χ4n) is 7.62. The zero-order chi connectivity index (χ0) is 40.8. The number of rotatable bonds is 7. The van der Waals surface area contributed by atoms with Crippen molar-refractivity contribution in [2.45, 2.75) is 119 Å². The van der Waals surface area contributed by atoms with Crippen molar-refractivity contribution in [1.29, 1.82) is 0 Å². The molecule has 0 atom stereocenters. The van der Waals surface area contributed by atoms with Crippen LogP contribution >= 0.6 is 15.8 Å². The predicted molar refractivity (Wildman–Crippen MR) is 254 cm³/mol. The van der Waals surface area contributed by atoms with Crippen LogP contribution in [0.1, 0.15) is 116 Å². The molecule has 0 aliphatic rings. The first-order chi connectivity index (χ1) is 26.1. The van der Waals surface area contributed by atoms with E-state index in [1.807, 2.05) is 0 Å². The Bertz CT molecular complexity index is 1980. The van der Waals surface area contributed by atoms with Crippen LogP contribution < -0.4 is 31.8 Å². The monoisotopic (exact) mass is 774 g/mol. The van der Waals surface area contributed by atoms with Gasteiger partial charge in [-0.1, -0.05) is 217 Å². The van der Waals surface area contributed by atoms with Crippen molar-refractivity contribution >= 4 is 47.7 Å². The highest BCUT2D eigenvalue weighted by atomic mass is 31.1. The summed E-state index contributed by atoms with van der Waals surface area (Å²) in [5.41, 5.74) is 11.2. The van der Waals surface area contributed by atoms with Crippen molar-refractivity contribution < 1.29 is 0 Å². The standard InChI is InChI=1S/C54H64P2/c1-37-17-15-19-47(55(43-29-21-39(22-30-43)51(3,4)5)44-31-23-40(24-32-44)52(6,7)8)49(37)50-38(2)18-16-20-48(50)56(45-33-25-41(26-34-45)53(9,10)11)46-35-27-42(28-36-46)54(12,13)14/h15-36H,1-14H3. The van der Waals surface area contributed by atoms with Gasteiger partial charge in [-0.15, -0.1) is 0 Å². The molecule has 0 fully saturated rings. The summed E-state index contributed by atoms with van der Waals surface area (Å²) in [5.74, 6) is 0. The third kappa shape index (κ3) is 8.99. The molecular weight excluding hydrogens is 711 g/mol. The fourth-order valence-corrected chi connectivity index (χ4v) is 12.6. The quantitative estimate of drug-likeness (QED) is 0.142. The van der Waals surface area contributed by atoms with E-state index in [4.69, 9.17) is 0 Å². The van der Waals surface area contributed by atoms with Crippen LogP contribution in [0.5, 0.6) is 0 Å². The second-order valence-electron chi connectivity index (χ2n) is 19.8. The molecule has 6 aromatic rings. The molecule has 0 saturated heterocycles. The highest BCUT2D eigenvalue weighted by Gasteiger charge is 2.29. The Hall–Kier alpha value is -3.82. The van der Waals surface area contributed by atoms with Crippen molar-refractivity contribution in [1.82, 2.24) is 0 Å². The first-order valence-electron chi connectivity index (χ1n) is 20.4. The van der Waals surface area contributed by atoms with Crippen molar-refractivity contribution in [3.63, 3.8) is 0 Å². The van der Waals surface area contributed by atoms with Gasteiger partial charge in [0.15, 0.2) is 0 Å². The van der Waals surface area contributed by atoms with Crippen molar-refractivity contribution in [3.8, 4) is 11.1 Å². The average Bonchev–Trinajstić information content (AvgIpc) is 3.12. The zero-order valence-corrected chi connectivity index (χ0v) is 38.4. The molecular formula is C54H64P2. The van der Waals surface area contributed by atoms with Gasteiger partial charge in [0.05, 0.1) is 0 Å². The lowest BCUT2D eigenvalue weighted by Crippen LogP contribution is -2.27. The maximum absolute atomic E-state index is 2.43. The van der Waals surface area contributed by atoms with Crippen LogP contribution in [0.15, 0.2) is 133 Å². The van der Waals surface area contributed by atoms with Crippen molar-refractivity contribution in [2.75, 3.05) is 0 Å². The Morgan fingerprint density at radius 2 is 0.500 bits per heavy atom. The second kappa shape index (κ2) is 15.8. The lowest BCUT2D eigenvalue weighted by Gasteiger charge is -2.30. The van der Waals surface area contributed by atoms with Crippen LogP contribution in [0, 0.1) is 13.8 Å². The summed E-state index contributed by atoms with van der Waals surface area (Å²) in [7, 11) is -1.77. The van der Waals surface area contributed by atoms with Crippen LogP contribution in [-0.4, -0.2) is 0 Å². The van der Waals surface area contributed by atoms with E-state index in [2.05, 4.69) is 230 Å². The van der Waals surface area contributed by atoms with Crippen LogP contribution in [0.25, 0.3) is 11.1 Å². The van der Waals surface area contributed by atoms with Crippen molar-refractivity contribution in [3.05, 3.63) is 167 Å². The SMILES string of the molecule is Cc1cccc(P(c2ccc(C(C)(C)C)cc2)c2ccc(C(C)(C)C)cc2)c1-c1c(C)cccc1P(c1ccc(C(C)(C)C)cc1)c1ccc(C(C)(C)C)cc1. The second-order valence-corrected chi connectivity index (χ2v) is 24.2. The molecule has 0 N–H and O–H groups in total. The van der Waals surface area contributed by atoms with E-state index in [1.165, 1.54) is 76.3 Å². The van der Waals surface area contributed by atoms with Gasteiger partial charge in [0.2, 0.25) is 0 Å². The molecule has 0 radical (unpaired) electrons. The van der Waals surface area contributed by atoms with E-state index >= 15 is 0 Å². The Kier molecular flexibility index (Phi) is 11.8. The molecule has 6 rings (SSSR count). The largest absolute Gasteiger partial charge is 0.0613 e. The minimum absolute atomic E-state index is 0.0908. The minimum Gasteiger partial charge on any atom is -0.0613 e.